The van der Waals surface area contributed by atoms with E-state index in [1.807, 2.05) is 13.8 Å². The van der Waals surface area contributed by atoms with Crippen LogP contribution < -0.4 is 5.32 Å². The second kappa shape index (κ2) is 7.98. The standard InChI is InChI=1S/C12H18Cl3NO3/c1-5-19-10(17)8(4)9(6-7(2)3)16-11(18)12(13,14)15/h7,9H,4-6H2,1-3H3,(H,16,18). The minimum absolute atomic E-state index is 0.137. The first-order valence-corrected chi connectivity index (χ1v) is 6.96. The molecule has 7 heteroatoms. The number of carbonyl (C=O) groups excluding carboxylic acids is 2. The van der Waals surface area contributed by atoms with E-state index in [0.29, 0.717) is 6.42 Å². The van der Waals surface area contributed by atoms with Crippen molar-refractivity contribution in [1.29, 1.82) is 0 Å². The molecule has 0 spiro atoms. The summed E-state index contributed by atoms with van der Waals surface area (Å²) in [6.07, 6.45) is 0.490. The van der Waals surface area contributed by atoms with Crippen LogP contribution in [0.5, 0.6) is 0 Å². The molecule has 0 bridgehead atoms. The fraction of sp³-hybridized carbons (Fsp3) is 0.667. The van der Waals surface area contributed by atoms with E-state index >= 15 is 0 Å². The number of halogens is 3. The molecule has 19 heavy (non-hydrogen) atoms. The Labute approximate surface area is 128 Å². The van der Waals surface area contributed by atoms with Gasteiger partial charge in [0.05, 0.1) is 18.2 Å². The van der Waals surface area contributed by atoms with Gasteiger partial charge in [-0.2, -0.15) is 0 Å². The molecule has 0 rings (SSSR count). The number of esters is 1. The predicted molar refractivity (Wildman–Crippen MR) is 77.4 cm³/mol. The van der Waals surface area contributed by atoms with Crippen molar-refractivity contribution in [3.05, 3.63) is 12.2 Å². The molecule has 110 valence electrons. The molecule has 0 heterocycles. The summed E-state index contributed by atoms with van der Waals surface area (Å²) in [6, 6.07) is -0.623. The SMILES string of the molecule is C=C(C(=O)OCC)C(CC(C)C)NC(=O)C(Cl)(Cl)Cl. The van der Waals surface area contributed by atoms with E-state index in [0.717, 1.165) is 0 Å². The molecular weight excluding hydrogens is 312 g/mol. The molecule has 0 aliphatic rings. The van der Waals surface area contributed by atoms with E-state index in [1.165, 1.54) is 0 Å². The minimum Gasteiger partial charge on any atom is -0.463 e. The third kappa shape index (κ3) is 7.04. The molecule has 1 N–H and O–H groups in total. The van der Waals surface area contributed by atoms with Gasteiger partial charge in [-0.05, 0) is 19.3 Å². The fourth-order valence-electron chi connectivity index (χ4n) is 1.37. The molecule has 0 aromatic rings. The molecule has 1 amide bonds. The number of amides is 1. The van der Waals surface area contributed by atoms with Crippen molar-refractivity contribution in [3.8, 4) is 0 Å². The zero-order valence-electron chi connectivity index (χ0n) is 11.1. The van der Waals surface area contributed by atoms with E-state index in [9.17, 15) is 9.59 Å². The van der Waals surface area contributed by atoms with Gasteiger partial charge in [0.25, 0.3) is 9.70 Å². The van der Waals surface area contributed by atoms with E-state index in [2.05, 4.69) is 11.9 Å². The number of hydrogen-bond donors (Lipinski definition) is 1. The van der Waals surface area contributed by atoms with E-state index in [-0.39, 0.29) is 18.1 Å². The van der Waals surface area contributed by atoms with Gasteiger partial charge in [0.15, 0.2) is 0 Å². The Kier molecular flexibility index (Phi) is 7.79. The number of nitrogens with one attached hydrogen (secondary N) is 1. The van der Waals surface area contributed by atoms with Crippen molar-refractivity contribution in [2.45, 2.75) is 37.0 Å². The number of carbonyl (C=O) groups is 2. The second-order valence-corrected chi connectivity index (χ2v) is 6.68. The maximum atomic E-state index is 11.6. The summed E-state index contributed by atoms with van der Waals surface area (Å²) >= 11 is 16.4. The molecule has 0 saturated heterocycles. The lowest BCUT2D eigenvalue weighted by Crippen LogP contribution is -2.44. The van der Waals surface area contributed by atoms with E-state index in [4.69, 9.17) is 39.5 Å². The van der Waals surface area contributed by atoms with Crippen molar-refractivity contribution < 1.29 is 14.3 Å². The first-order valence-electron chi connectivity index (χ1n) is 5.83. The lowest BCUT2D eigenvalue weighted by atomic mass is 9.98. The summed E-state index contributed by atoms with van der Waals surface area (Å²) in [5.74, 6) is -1.15. The maximum absolute atomic E-state index is 11.6. The third-order valence-electron chi connectivity index (χ3n) is 2.23. The highest BCUT2D eigenvalue weighted by Crippen LogP contribution is 2.27. The average molecular weight is 331 g/mol. The molecule has 0 saturated carbocycles. The molecule has 0 aromatic heterocycles. The van der Waals surface area contributed by atoms with Gasteiger partial charge in [0, 0.05) is 0 Å². The fourth-order valence-corrected chi connectivity index (χ4v) is 1.53. The topological polar surface area (TPSA) is 55.4 Å². The lowest BCUT2D eigenvalue weighted by molar-refractivity contribution is -0.138. The van der Waals surface area contributed by atoms with Crippen molar-refractivity contribution in [1.82, 2.24) is 5.32 Å². The van der Waals surface area contributed by atoms with Gasteiger partial charge in [-0.15, -0.1) is 0 Å². The van der Waals surface area contributed by atoms with Crippen LogP contribution in [-0.2, 0) is 14.3 Å². The van der Waals surface area contributed by atoms with Crippen LogP contribution in [-0.4, -0.2) is 28.3 Å². The van der Waals surface area contributed by atoms with Crippen LogP contribution >= 0.6 is 34.8 Å². The number of hydrogen-bond acceptors (Lipinski definition) is 3. The van der Waals surface area contributed by atoms with Crippen LogP contribution in [0.15, 0.2) is 12.2 Å². The van der Waals surface area contributed by atoms with Crippen molar-refractivity contribution in [3.63, 3.8) is 0 Å². The van der Waals surface area contributed by atoms with Gasteiger partial charge in [0.2, 0.25) is 0 Å². The molecule has 0 aliphatic carbocycles. The summed E-state index contributed by atoms with van der Waals surface area (Å²) in [7, 11) is 0. The predicted octanol–water partition coefficient (Wildman–Crippen LogP) is 3.01. The highest BCUT2D eigenvalue weighted by molar-refractivity contribution is 6.76. The maximum Gasteiger partial charge on any atom is 0.335 e. The Morgan fingerprint density at radius 2 is 1.84 bits per heavy atom. The number of rotatable bonds is 6. The molecule has 1 atom stereocenters. The Morgan fingerprint density at radius 3 is 2.21 bits per heavy atom. The van der Waals surface area contributed by atoms with Gasteiger partial charge in [-0.1, -0.05) is 55.2 Å². The first kappa shape index (κ1) is 18.6. The highest BCUT2D eigenvalue weighted by Gasteiger charge is 2.34. The van der Waals surface area contributed by atoms with Crippen molar-refractivity contribution >= 4 is 46.7 Å². The monoisotopic (exact) mass is 329 g/mol. The summed E-state index contributed by atoms with van der Waals surface area (Å²) in [5.41, 5.74) is 0.137. The summed E-state index contributed by atoms with van der Waals surface area (Å²) in [5, 5.41) is 2.49. The normalized spacial score (nSPS) is 13.0. The van der Waals surface area contributed by atoms with Crippen LogP contribution in [0.1, 0.15) is 27.2 Å². The Morgan fingerprint density at radius 1 is 1.32 bits per heavy atom. The molecule has 0 aromatic carbocycles. The lowest BCUT2D eigenvalue weighted by Gasteiger charge is -2.23. The molecule has 0 aliphatic heterocycles. The van der Waals surface area contributed by atoms with Crippen molar-refractivity contribution in [2.75, 3.05) is 6.61 Å². The van der Waals surface area contributed by atoms with Crippen LogP contribution in [0.2, 0.25) is 0 Å². The van der Waals surface area contributed by atoms with Gasteiger partial charge < -0.3 is 10.1 Å². The van der Waals surface area contributed by atoms with Gasteiger partial charge in [-0.25, -0.2) is 4.79 Å². The quantitative estimate of drug-likeness (QED) is 0.463. The Hall–Kier alpha value is -0.450. The Bertz CT molecular complexity index is 351. The summed E-state index contributed by atoms with van der Waals surface area (Å²) in [6.45, 7) is 9.43. The van der Waals surface area contributed by atoms with Gasteiger partial charge >= 0.3 is 5.97 Å². The smallest absolute Gasteiger partial charge is 0.335 e. The molecule has 4 nitrogen and oxygen atoms in total. The highest BCUT2D eigenvalue weighted by atomic mass is 35.6. The molecular formula is C12H18Cl3NO3. The molecule has 1 unspecified atom stereocenters. The van der Waals surface area contributed by atoms with E-state index in [1.54, 1.807) is 6.92 Å². The Balaban J connectivity index is 4.87. The van der Waals surface area contributed by atoms with Gasteiger partial charge in [0.1, 0.15) is 0 Å². The summed E-state index contributed by atoms with van der Waals surface area (Å²) in [4.78, 5) is 23.3. The second-order valence-electron chi connectivity index (χ2n) is 4.40. The summed E-state index contributed by atoms with van der Waals surface area (Å²) < 4.78 is 2.77. The van der Waals surface area contributed by atoms with Crippen LogP contribution in [0.3, 0.4) is 0 Å². The molecule has 0 radical (unpaired) electrons. The van der Waals surface area contributed by atoms with Crippen LogP contribution in [0.4, 0.5) is 0 Å². The molecule has 0 fully saturated rings. The van der Waals surface area contributed by atoms with Crippen LogP contribution in [0.25, 0.3) is 0 Å². The largest absolute Gasteiger partial charge is 0.463 e. The first-order chi connectivity index (χ1) is 8.59. The average Bonchev–Trinajstić information content (AvgIpc) is 2.25. The minimum atomic E-state index is -2.08. The van der Waals surface area contributed by atoms with Crippen molar-refractivity contribution in [2.24, 2.45) is 5.92 Å². The zero-order chi connectivity index (χ0) is 15.2. The van der Waals surface area contributed by atoms with E-state index < -0.39 is 21.7 Å². The van der Waals surface area contributed by atoms with Gasteiger partial charge in [-0.3, -0.25) is 4.79 Å². The number of ether oxygens (including phenoxy) is 1. The number of alkyl halides is 3. The van der Waals surface area contributed by atoms with Crippen LogP contribution in [0, 0.1) is 5.92 Å². The zero-order valence-corrected chi connectivity index (χ0v) is 13.4. The third-order valence-corrected chi connectivity index (χ3v) is 2.74.